The Morgan fingerprint density at radius 3 is 2.48 bits per heavy atom. The Balaban J connectivity index is 1.68. The van der Waals surface area contributed by atoms with Gasteiger partial charge in [0.25, 0.3) is 0 Å². The van der Waals surface area contributed by atoms with Gasteiger partial charge >= 0.3 is 0 Å². The van der Waals surface area contributed by atoms with Crippen molar-refractivity contribution in [3.63, 3.8) is 0 Å². The highest BCUT2D eigenvalue weighted by atomic mass is 35.5. The summed E-state index contributed by atoms with van der Waals surface area (Å²) in [6.45, 7) is 3.63. The lowest BCUT2D eigenvalue weighted by molar-refractivity contribution is -0.122. The summed E-state index contributed by atoms with van der Waals surface area (Å²) >= 11 is 5.99. The number of anilines is 3. The quantitative estimate of drug-likeness (QED) is 0.844. The summed E-state index contributed by atoms with van der Waals surface area (Å²) in [6.07, 6.45) is 0.152. The van der Waals surface area contributed by atoms with Crippen molar-refractivity contribution in [1.29, 1.82) is 0 Å². The number of amides is 3. The third-order valence-corrected chi connectivity index (χ3v) is 4.69. The molecule has 0 spiro atoms. The number of hydrogen-bond acceptors (Lipinski definition) is 3. The zero-order valence-corrected chi connectivity index (χ0v) is 15.8. The monoisotopic (exact) mass is 385 g/mol. The average Bonchev–Trinajstić information content (AvgIpc) is 3.00. The van der Waals surface area contributed by atoms with Crippen LogP contribution in [-0.4, -0.2) is 24.3 Å². The van der Waals surface area contributed by atoms with Crippen LogP contribution in [0.15, 0.2) is 42.5 Å². The van der Waals surface area contributed by atoms with Crippen molar-refractivity contribution >= 4 is 46.4 Å². The van der Waals surface area contributed by atoms with Gasteiger partial charge in [0.1, 0.15) is 0 Å². The molecule has 2 aromatic carbocycles. The first-order valence-electron chi connectivity index (χ1n) is 8.58. The van der Waals surface area contributed by atoms with E-state index in [0.717, 1.165) is 5.56 Å². The molecule has 1 aliphatic heterocycles. The van der Waals surface area contributed by atoms with Crippen molar-refractivity contribution in [2.75, 3.05) is 22.1 Å². The third-order valence-electron chi connectivity index (χ3n) is 4.45. The maximum atomic E-state index is 12.6. The molecule has 0 bridgehead atoms. The molecular weight excluding hydrogens is 366 g/mol. The molecule has 3 amide bonds. The molecule has 0 saturated carbocycles. The van der Waals surface area contributed by atoms with Gasteiger partial charge in [0.2, 0.25) is 17.7 Å². The number of aryl methyl sites for hydroxylation is 1. The second-order valence-corrected chi connectivity index (χ2v) is 7.02. The highest BCUT2D eigenvalue weighted by molar-refractivity contribution is 6.31. The molecule has 2 aromatic rings. The van der Waals surface area contributed by atoms with Gasteiger partial charge in [0, 0.05) is 42.0 Å². The molecule has 2 N–H and O–H groups in total. The Morgan fingerprint density at radius 1 is 1.11 bits per heavy atom. The van der Waals surface area contributed by atoms with Crippen LogP contribution in [0.25, 0.3) is 0 Å². The van der Waals surface area contributed by atoms with E-state index in [0.29, 0.717) is 28.6 Å². The SMILES string of the molecule is CC(=O)Nc1ccc(N2CC(C(=O)Nc3cc(Cl)ccc3C)CC2=O)cc1. The van der Waals surface area contributed by atoms with Crippen LogP contribution in [0, 0.1) is 12.8 Å². The predicted octanol–water partition coefficient (Wildman–Crippen LogP) is 3.60. The molecule has 1 fully saturated rings. The Labute approximate surface area is 162 Å². The molecule has 0 radical (unpaired) electrons. The first-order valence-corrected chi connectivity index (χ1v) is 8.96. The Bertz CT molecular complexity index is 896. The van der Waals surface area contributed by atoms with E-state index < -0.39 is 5.92 Å². The minimum Gasteiger partial charge on any atom is -0.326 e. The van der Waals surface area contributed by atoms with Crippen LogP contribution in [0.3, 0.4) is 0 Å². The molecule has 6 nitrogen and oxygen atoms in total. The lowest BCUT2D eigenvalue weighted by atomic mass is 10.1. The minimum atomic E-state index is -0.439. The number of nitrogens with zero attached hydrogens (tertiary/aromatic N) is 1. The normalized spacial score (nSPS) is 16.3. The van der Waals surface area contributed by atoms with Crippen LogP contribution in [0.1, 0.15) is 18.9 Å². The summed E-state index contributed by atoms with van der Waals surface area (Å²) in [5.41, 5.74) is 2.91. The molecule has 7 heteroatoms. The maximum absolute atomic E-state index is 12.6. The van der Waals surface area contributed by atoms with E-state index in [9.17, 15) is 14.4 Å². The predicted molar refractivity (Wildman–Crippen MR) is 106 cm³/mol. The summed E-state index contributed by atoms with van der Waals surface area (Å²) in [5, 5.41) is 6.09. The zero-order chi connectivity index (χ0) is 19.6. The van der Waals surface area contributed by atoms with E-state index in [4.69, 9.17) is 11.6 Å². The van der Waals surface area contributed by atoms with Crippen molar-refractivity contribution in [2.24, 2.45) is 5.92 Å². The van der Waals surface area contributed by atoms with Gasteiger partial charge in [-0.1, -0.05) is 17.7 Å². The van der Waals surface area contributed by atoms with E-state index >= 15 is 0 Å². The highest BCUT2D eigenvalue weighted by Crippen LogP contribution is 2.28. The molecule has 1 atom stereocenters. The fourth-order valence-electron chi connectivity index (χ4n) is 3.02. The fraction of sp³-hybridized carbons (Fsp3) is 0.250. The molecule has 1 saturated heterocycles. The van der Waals surface area contributed by atoms with Crippen LogP contribution in [0.4, 0.5) is 17.1 Å². The Hall–Kier alpha value is -2.86. The first-order chi connectivity index (χ1) is 12.8. The van der Waals surface area contributed by atoms with Crippen molar-refractivity contribution in [1.82, 2.24) is 0 Å². The average molecular weight is 386 g/mol. The van der Waals surface area contributed by atoms with Crippen molar-refractivity contribution in [3.05, 3.63) is 53.1 Å². The van der Waals surface area contributed by atoms with Crippen LogP contribution in [-0.2, 0) is 14.4 Å². The van der Waals surface area contributed by atoms with E-state index in [1.54, 1.807) is 41.3 Å². The number of carbonyl (C=O) groups is 3. The second-order valence-electron chi connectivity index (χ2n) is 6.58. The lowest BCUT2D eigenvalue weighted by Crippen LogP contribution is -2.28. The van der Waals surface area contributed by atoms with E-state index in [2.05, 4.69) is 10.6 Å². The molecule has 1 aliphatic rings. The molecule has 3 rings (SSSR count). The van der Waals surface area contributed by atoms with Crippen molar-refractivity contribution < 1.29 is 14.4 Å². The van der Waals surface area contributed by atoms with Gasteiger partial charge in [-0.15, -0.1) is 0 Å². The van der Waals surface area contributed by atoms with Gasteiger partial charge in [-0.2, -0.15) is 0 Å². The van der Waals surface area contributed by atoms with Crippen LogP contribution in [0.5, 0.6) is 0 Å². The zero-order valence-electron chi connectivity index (χ0n) is 15.1. The standard InChI is InChI=1S/C20H20ClN3O3/c1-12-3-4-15(21)10-18(12)23-20(27)14-9-19(26)24(11-14)17-7-5-16(6-8-17)22-13(2)25/h3-8,10,14H,9,11H2,1-2H3,(H,22,25)(H,23,27). The van der Waals surface area contributed by atoms with Gasteiger partial charge in [0.15, 0.2) is 0 Å². The summed E-state index contributed by atoms with van der Waals surface area (Å²) in [4.78, 5) is 37.7. The number of benzene rings is 2. The molecule has 140 valence electrons. The maximum Gasteiger partial charge on any atom is 0.229 e. The smallest absolute Gasteiger partial charge is 0.229 e. The molecule has 27 heavy (non-hydrogen) atoms. The van der Waals surface area contributed by atoms with Gasteiger partial charge < -0.3 is 15.5 Å². The lowest BCUT2D eigenvalue weighted by Gasteiger charge is -2.17. The number of nitrogens with one attached hydrogen (secondary N) is 2. The van der Waals surface area contributed by atoms with Crippen molar-refractivity contribution in [3.8, 4) is 0 Å². The fourth-order valence-corrected chi connectivity index (χ4v) is 3.20. The number of carbonyl (C=O) groups excluding carboxylic acids is 3. The van der Waals surface area contributed by atoms with Gasteiger partial charge in [-0.3, -0.25) is 14.4 Å². The third kappa shape index (κ3) is 4.46. The number of halogens is 1. The van der Waals surface area contributed by atoms with Gasteiger partial charge in [-0.25, -0.2) is 0 Å². The number of hydrogen-bond donors (Lipinski definition) is 2. The van der Waals surface area contributed by atoms with Crippen LogP contribution in [0.2, 0.25) is 5.02 Å². The largest absolute Gasteiger partial charge is 0.326 e. The first kappa shape index (κ1) is 18.9. The summed E-state index contributed by atoms with van der Waals surface area (Å²) in [7, 11) is 0. The Morgan fingerprint density at radius 2 is 1.81 bits per heavy atom. The molecule has 1 unspecified atom stereocenters. The van der Waals surface area contributed by atoms with Gasteiger partial charge in [-0.05, 0) is 48.9 Å². The molecule has 0 aromatic heterocycles. The van der Waals surface area contributed by atoms with Crippen LogP contribution >= 0.6 is 11.6 Å². The van der Waals surface area contributed by atoms with Gasteiger partial charge in [0.05, 0.1) is 5.92 Å². The summed E-state index contributed by atoms with van der Waals surface area (Å²) in [6, 6.07) is 12.3. The van der Waals surface area contributed by atoms with E-state index in [1.165, 1.54) is 6.92 Å². The second kappa shape index (κ2) is 7.80. The topological polar surface area (TPSA) is 78.5 Å². The molecular formula is C20H20ClN3O3. The highest BCUT2D eigenvalue weighted by Gasteiger charge is 2.35. The minimum absolute atomic E-state index is 0.106. The number of rotatable bonds is 4. The molecule has 1 heterocycles. The van der Waals surface area contributed by atoms with Crippen molar-refractivity contribution in [2.45, 2.75) is 20.3 Å². The van der Waals surface area contributed by atoms with Crippen LogP contribution < -0.4 is 15.5 Å². The Kier molecular flexibility index (Phi) is 5.46. The summed E-state index contributed by atoms with van der Waals surface area (Å²) in [5.74, 6) is -0.907. The van der Waals surface area contributed by atoms with E-state index in [-0.39, 0.29) is 24.1 Å². The molecule has 0 aliphatic carbocycles. The van der Waals surface area contributed by atoms with E-state index in [1.807, 2.05) is 13.0 Å². The summed E-state index contributed by atoms with van der Waals surface area (Å²) < 4.78 is 0.